The van der Waals surface area contributed by atoms with E-state index in [1.165, 1.54) is 5.56 Å². The normalized spacial score (nSPS) is 17.3. The summed E-state index contributed by atoms with van der Waals surface area (Å²) in [5.74, 6) is 1.04. The average molecular weight is 313 g/mol. The van der Waals surface area contributed by atoms with Crippen molar-refractivity contribution in [1.82, 2.24) is 0 Å². The molecule has 2 aromatic carbocycles. The van der Waals surface area contributed by atoms with Crippen LogP contribution in [-0.2, 0) is 4.74 Å². The van der Waals surface area contributed by atoms with Crippen LogP contribution >= 0.6 is 0 Å². The van der Waals surface area contributed by atoms with Crippen LogP contribution < -0.4 is 9.64 Å². The lowest BCUT2D eigenvalue weighted by Gasteiger charge is -2.25. The van der Waals surface area contributed by atoms with Gasteiger partial charge in [0.15, 0.2) is 0 Å². The Morgan fingerprint density at radius 1 is 1.22 bits per heavy atom. The number of methoxy groups -OCH3 is 1. The van der Waals surface area contributed by atoms with E-state index in [-0.39, 0.29) is 12.0 Å². The lowest BCUT2D eigenvalue weighted by Crippen LogP contribution is -2.36. The van der Waals surface area contributed by atoms with Gasteiger partial charge in [0.1, 0.15) is 11.4 Å². The summed E-state index contributed by atoms with van der Waals surface area (Å²) in [6.45, 7) is 8.41. The summed E-state index contributed by atoms with van der Waals surface area (Å²) >= 11 is 0. The fourth-order valence-corrected chi connectivity index (χ4v) is 3.21. The second-order valence-electron chi connectivity index (χ2n) is 7.05. The van der Waals surface area contributed by atoms with Crippen molar-refractivity contribution in [2.45, 2.75) is 39.2 Å². The Hall–Kier alpha value is -2.23. The number of fused-ring (bicyclic) bond motifs is 3. The van der Waals surface area contributed by atoms with Crippen LogP contribution in [0.4, 0.5) is 10.5 Å². The highest BCUT2D eigenvalue weighted by molar-refractivity contribution is 6.01. The molecule has 0 unspecified atom stereocenters. The molecule has 4 heteroatoms. The fraction of sp³-hybridized carbons (Fsp3) is 0.421. The van der Waals surface area contributed by atoms with E-state index in [0.717, 1.165) is 22.2 Å². The number of carbonyl (C=O) groups excluding carboxylic acids is 1. The van der Waals surface area contributed by atoms with Crippen molar-refractivity contribution >= 4 is 22.6 Å². The quantitative estimate of drug-likeness (QED) is 0.765. The smallest absolute Gasteiger partial charge is 0.414 e. The molecular formula is C19H23NO3. The van der Waals surface area contributed by atoms with Gasteiger partial charge in [0, 0.05) is 23.9 Å². The molecule has 1 amide bonds. The van der Waals surface area contributed by atoms with E-state index in [9.17, 15) is 4.79 Å². The minimum atomic E-state index is -0.510. The van der Waals surface area contributed by atoms with Gasteiger partial charge >= 0.3 is 6.09 Å². The molecule has 0 N–H and O–H groups in total. The van der Waals surface area contributed by atoms with Crippen molar-refractivity contribution in [2.24, 2.45) is 0 Å². The van der Waals surface area contributed by atoms with Gasteiger partial charge in [-0.1, -0.05) is 31.2 Å². The monoisotopic (exact) mass is 313 g/mol. The topological polar surface area (TPSA) is 38.8 Å². The van der Waals surface area contributed by atoms with Crippen molar-refractivity contribution in [2.75, 3.05) is 18.6 Å². The number of benzene rings is 2. The maximum absolute atomic E-state index is 12.6. The fourth-order valence-electron chi connectivity index (χ4n) is 3.21. The number of carbonyl (C=O) groups is 1. The number of rotatable bonds is 1. The zero-order chi connectivity index (χ0) is 16.8. The molecule has 2 aromatic rings. The van der Waals surface area contributed by atoms with Gasteiger partial charge in [-0.3, -0.25) is 4.90 Å². The van der Waals surface area contributed by atoms with Crippen LogP contribution in [0.1, 0.15) is 39.2 Å². The van der Waals surface area contributed by atoms with Crippen LogP contribution in [0.15, 0.2) is 30.3 Å². The largest absolute Gasteiger partial charge is 0.496 e. The molecule has 23 heavy (non-hydrogen) atoms. The van der Waals surface area contributed by atoms with Gasteiger partial charge in [-0.2, -0.15) is 0 Å². The molecule has 3 rings (SSSR count). The van der Waals surface area contributed by atoms with Gasteiger partial charge in [0.2, 0.25) is 0 Å². The first-order valence-corrected chi connectivity index (χ1v) is 7.92. The highest BCUT2D eigenvalue weighted by atomic mass is 16.6. The van der Waals surface area contributed by atoms with E-state index in [4.69, 9.17) is 9.47 Å². The summed E-state index contributed by atoms with van der Waals surface area (Å²) in [6.07, 6.45) is -0.305. The van der Waals surface area contributed by atoms with Gasteiger partial charge in [0.25, 0.3) is 0 Å². The summed E-state index contributed by atoms with van der Waals surface area (Å²) in [4.78, 5) is 14.3. The third-order valence-electron chi connectivity index (χ3n) is 4.10. The molecule has 0 aliphatic carbocycles. The summed E-state index contributed by atoms with van der Waals surface area (Å²) < 4.78 is 11.1. The van der Waals surface area contributed by atoms with Crippen LogP contribution in [0.2, 0.25) is 0 Å². The lowest BCUT2D eigenvalue weighted by atomic mass is 9.95. The molecule has 0 bridgehead atoms. The molecule has 0 fully saturated rings. The molecule has 1 atom stereocenters. The minimum absolute atomic E-state index is 0.258. The molecule has 1 aliphatic rings. The third kappa shape index (κ3) is 2.74. The predicted molar refractivity (Wildman–Crippen MR) is 92.5 cm³/mol. The van der Waals surface area contributed by atoms with Crippen molar-refractivity contribution in [3.05, 3.63) is 35.9 Å². The van der Waals surface area contributed by atoms with Crippen molar-refractivity contribution in [3.63, 3.8) is 0 Å². The Kier molecular flexibility index (Phi) is 3.71. The lowest BCUT2D eigenvalue weighted by molar-refractivity contribution is 0.0582. The molecule has 0 saturated heterocycles. The first-order valence-electron chi connectivity index (χ1n) is 7.92. The second-order valence-corrected chi connectivity index (χ2v) is 7.05. The zero-order valence-electron chi connectivity index (χ0n) is 14.3. The molecule has 0 spiro atoms. The first kappa shape index (κ1) is 15.7. The molecule has 0 aromatic heterocycles. The second kappa shape index (κ2) is 5.44. The Balaban J connectivity index is 2.13. The molecular weight excluding hydrogens is 290 g/mol. The molecule has 1 aliphatic heterocycles. The standard InChI is InChI=1S/C19H23NO3/c1-12-11-20(18(21)23-19(2,3)4)15-10-16(22-5)13-8-6-7-9-14(13)17(12)15/h6-10,12H,11H2,1-5H3/t12-/m1/s1. The van der Waals surface area contributed by atoms with Crippen molar-refractivity contribution in [3.8, 4) is 5.75 Å². The van der Waals surface area contributed by atoms with E-state index in [1.807, 2.05) is 39.0 Å². The van der Waals surface area contributed by atoms with Crippen LogP contribution in [0.25, 0.3) is 10.8 Å². The highest BCUT2D eigenvalue weighted by Crippen LogP contribution is 2.45. The zero-order valence-corrected chi connectivity index (χ0v) is 14.3. The Labute approximate surface area is 137 Å². The first-order chi connectivity index (χ1) is 10.8. The van der Waals surface area contributed by atoms with E-state index in [2.05, 4.69) is 19.1 Å². The van der Waals surface area contributed by atoms with Crippen LogP contribution in [0.3, 0.4) is 0 Å². The Morgan fingerprint density at radius 3 is 2.48 bits per heavy atom. The number of hydrogen-bond donors (Lipinski definition) is 0. The van der Waals surface area contributed by atoms with Crippen LogP contribution in [0.5, 0.6) is 5.75 Å². The molecule has 4 nitrogen and oxygen atoms in total. The van der Waals surface area contributed by atoms with Gasteiger partial charge in [0.05, 0.1) is 12.8 Å². The van der Waals surface area contributed by atoms with E-state index in [1.54, 1.807) is 12.0 Å². The van der Waals surface area contributed by atoms with Gasteiger partial charge < -0.3 is 9.47 Å². The van der Waals surface area contributed by atoms with Gasteiger partial charge in [-0.15, -0.1) is 0 Å². The molecule has 1 heterocycles. The molecule has 0 radical (unpaired) electrons. The Bertz CT molecular complexity index is 761. The predicted octanol–water partition coefficient (Wildman–Crippen LogP) is 4.71. The van der Waals surface area contributed by atoms with Crippen molar-refractivity contribution < 1.29 is 14.3 Å². The number of nitrogens with zero attached hydrogens (tertiary/aromatic N) is 1. The van der Waals surface area contributed by atoms with Crippen LogP contribution in [0, 0.1) is 0 Å². The van der Waals surface area contributed by atoms with Crippen molar-refractivity contribution in [1.29, 1.82) is 0 Å². The van der Waals surface area contributed by atoms with E-state index >= 15 is 0 Å². The number of anilines is 1. The van der Waals surface area contributed by atoms with Gasteiger partial charge in [-0.25, -0.2) is 4.79 Å². The number of ether oxygens (including phenoxy) is 2. The Morgan fingerprint density at radius 2 is 1.87 bits per heavy atom. The van der Waals surface area contributed by atoms with Crippen LogP contribution in [-0.4, -0.2) is 25.3 Å². The third-order valence-corrected chi connectivity index (χ3v) is 4.10. The summed E-state index contributed by atoms with van der Waals surface area (Å²) in [7, 11) is 1.66. The summed E-state index contributed by atoms with van der Waals surface area (Å²) in [5.41, 5.74) is 1.57. The summed E-state index contributed by atoms with van der Waals surface area (Å²) in [6, 6.07) is 10.1. The molecule has 122 valence electrons. The van der Waals surface area contributed by atoms with Gasteiger partial charge in [-0.05, 0) is 31.7 Å². The summed E-state index contributed by atoms with van der Waals surface area (Å²) in [5, 5.41) is 2.21. The number of amides is 1. The molecule has 0 saturated carbocycles. The SMILES string of the molecule is COc1cc2c(c3ccccc13)[C@H](C)CN2C(=O)OC(C)(C)C. The maximum atomic E-state index is 12.6. The maximum Gasteiger partial charge on any atom is 0.414 e. The van der Waals surface area contributed by atoms with E-state index in [0.29, 0.717) is 6.54 Å². The average Bonchev–Trinajstić information content (AvgIpc) is 2.82. The van der Waals surface area contributed by atoms with E-state index < -0.39 is 5.60 Å². The number of hydrogen-bond acceptors (Lipinski definition) is 3. The highest BCUT2D eigenvalue weighted by Gasteiger charge is 2.34. The minimum Gasteiger partial charge on any atom is -0.496 e.